The van der Waals surface area contributed by atoms with Crippen molar-refractivity contribution in [2.45, 2.75) is 19.8 Å². The highest BCUT2D eigenvalue weighted by atomic mass is 16.5. The number of nitrogens with one attached hydrogen (secondary N) is 1. The Balaban J connectivity index is 2.20. The van der Waals surface area contributed by atoms with Gasteiger partial charge in [0, 0.05) is 25.9 Å². The smallest absolute Gasteiger partial charge is 0.255 e. The quantitative estimate of drug-likeness (QED) is 0.791. The zero-order chi connectivity index (χ0) is 18.2. The van der Waals surface area contributed by atoms with Crippen molar-refractivity contribution in [1.29, 1.82) is 0 Å². The van der Waals surface area contributed by atoms with Gasteiger partial charge in [0.25, 0.3) is 5.91 Å². The third-order valence-corrected chi connectivity index (χ3v) is 3.86. The van der Waals surface area contributed by atoms with Gasteiger partial charge < -0.3 is 19.7 Å². The van der Waals surface area contributed by atoms with Gasteiger partial charge in [-0.05, 0) is 24.6 Å². The summed E-state index contributed by atoms with van der Waals surface area (Å²) in [5.41, 5.74) is 2.00. The molecule has 0 bridgehead atoms. The Labute approximate surface area is 148 Å². The predicted molar refractivity (Wildman–Crippen MR) is 98.9 cm³/mol. The Morgan fingerprint density at radius 3 is 2.68 bits per heavy atom. The zero-order valence-corrected chi connectivity index (χ0v) is 15.2. The maximum Gasteiger partial charge on any atom is 0.255 e. The minimum absolute atomic E-state index is 0.0396. The molecule has 1 aromatic heterocycles. The second-order valence-electron chi connectivity index (χ2n) is 5.73. The van der Waals surface area contributed by atoms with E-state index in [2.05, 4.69) is 17.2 Å². The first-order valence-electron chi connectivity index (χ1n) is 8.28. The van der Waals surface area contributed by atoms with Gasteiger partial charge in [-0.15, -0.1) is 0 Å². The molecule has 134 valence electrons. The molecule has 0 fully saturated rings. The van der Waals surface area contributed by atoms with Crippen LogP contribution in [0.4, 0.5) is 11.4 Å². The predicted octanol–water partition coefficient (Wildman–Crippen LogP) is 3.71. The van der Waals surface area contributed by atoms with Gasteiger partial charge in [0.2, 0.25) is 0 Å². The van der Waals surface area contributed by atoms with Crippen molar-refractivity contribution in [3.05, 3.63) is 42.2 Å². The van der Waals surface area contributed by atoms with E-state index in [4.69, 9.17) is 9.47 Å². The molecule has 0 unspecified atom stereocenters. The molecule has 0 saturated heterocycles. The zero-order valence-electron chi connectivity index (χ0n) is 15.2. The highest BCUT2D eigenvalue weighted by molar-refractivity contribution is 5.94. The number of nitrogens with zero attached hydrogens (tertiary/aromatic N) is 2. The maximum atomic E-state index is 12.5. The summed E-state index contributed by atoms with van der Waals surface area (Å²) in [6.07, 6.45) is 5.28. The van der Waals surface area contributed by atoms with Crippen LogP contribution in [0, 0.1) is 0 Å². The van der Waals surface area contributed by atoms with Gasteiger partial charge >= 0.3 is 0 Å². The number of ether oxygens (including phenoxy) is 2. The molecule has 25 heavy (non-hydrogen) atoms. The molecule has 2 rings (SSSR count). The Bertz CT molecular complexity index is 719. The lowest BCUT2D eigenvalue weighted by atomic mass is 10.2. The van der Waals surface area contributed by atoms with Gasteiger partial charge in [0.1, 0.15) is 11.5 Å². The molecule has 0 radical (unpaired) electrons. The Morgan fingerprint density at radius 2 is 2.00 bits per heavy atom. The van der Waals surface area contributed by atoms with Gasteiger partial charge in [-0.2, -0.15) is 0 Å². The third-order valence-electron chi connectivity index (χ3n) is 3.86. The summed E-state index contributed by atoms with van der Waals surface area (Å²) < 4.78 is 10.6. The molecule has 0 aliphatic rings. The van der Waals surface area contributed by atoms with E-state index >= 15 is 0 Å². The van der Waals surface area contributed by atoms with E-state index in [9.17, 15) is 4.79 Å². The van der Waals surface area contributed by atoms with E-state index in [-0.39, 0.29) is 5.91 Å². The van der Waals surface area contributed by atoms with Crippen molar-refractivity contribution in [2.75, 3.05) is 33.1 Å². The number of pyridine rings is 1. The van der Waals surface area contributed by atoms with E-state index in [0.29, 0.717) is 22.7 Å². The van der Waals surface area contributed by atoms with Crippen LogP contribution in [0.1, 0.15) is 30.1 Å². The van der Waals surface area contributed by atoms with Crippen molar-refractivity contribution in [3.8, 4) is 11.5 Å². The van der Waals surface area contributed by atoms with Crippen LogP contribution in [-0.4, -0.2) is 43.6 Å². The molecule has 1 aromatic carbocycles. The van der Waals surface area contributed by atoms with Crippen molar-refractivity contribution in [2.24, 2.45) is 0 Å². The van der Waals surface area contributed by atoms with E-state index < -0.39 is 0 Å². The highest BCUT2D eigenvalue weighted by Gasteiger charge is 2.13. The molecule has 0 atom stereocenters. The summed E-state index contributed by atoms with van der Waals surface area (Å²) in [4.78, 5) is 18.4. The number of methoxy groups -OCH3 is 2. The number of aromatic nitrogens is 1. The molecule has 0 saturated carbocycles. The molecule has 6 heteroatoms. The van der Waals surface area contributed by atoms with E-state index in [1.807, 2.05) is 25.2 Å². The first-order valence-corrected chi connectivity index (χ1v) is 8.28. The molecule has 2 aromatic rings. The fraction of sp³-hybridized carbons (Fsp3) is 0.368. The monoisotopic (exact) mass is 343 g/mol. The summed E-state index contributed by atoms with van der Waals surface area (Å²) in [5.74, 6) is 1.35. The molecule has 0 aliphatic carbocycles. The van der Waals surface area contributed by atoms with Gasteiger partial charge in [-0.1, -0.05) is 13.3 Å². The van der Waals surface area contributed by atoms with Crippen molar-refractivity contribution < 1.29 is 14.3 Å². The Morgan fingerprint density at radius 1 is 1.20 bits per heavy atom. The summed E-state index contributed by atoms with van der Waals surface area (Å²) in [6, 6.07) is 7.27. The number of benzene rings is 1. The number of hydrogen-bond donors (Lipinski definition) is 1. The van der Waals surface area contributed by atoms with E-state index in [0.717, 1.165) is 25.1 Å². The van der Waals surface area contributed by atoms with E-state index in [1.165, 1.54) is 0 Å². The SMILES string of the molecule is CCCCN(C)C(=O)c1cncc(Nc2cc(OC)ccc2OC)c1. The fourth-order valence-electron chi connectivity index (χ4n) is 2.41. The Hall–Kier alpha value is -2.76. The maximum absolute atomic E-state index is 12.5. The first kappa shape index (κ1) is 18.6. The average molecular weight is 343 g/mol. The summed E-state index contributed by atoms with van der Waals surface area (Å²) in [7, 11) is 5.02. The highest BCUT2D eigenvalue weighted by Crippen LogP contribution is 2.31. The lowest BCUT2D eigenvalue weighted by molar-refractivity contribution is 0.0793. The standard InChI is InChI=1S/C19H25N3O3/c1-5-6-9-22(2)19(23)14-10-15(13-20-12-14)21-17-11-16(24-3)7-8-18(17)25-4/h7-8,10-13,21H,5-6,9H2,1-4H3. The molecule has 6 nitrogen and oxygen atoms in total. The van der Waals surface area contributed by atoms with Crippen LogP contribution in [-0.2, 0) is 0 Å². The summed E-state index contributed by atoms with van der Waals surface area (Å²) in [6.45, 7) is 2.84. The largest absolute Gasteiger partial charge is 0.497 e. The third kappa shape index (κ3) is 4.86. The molecular weight excluding hydrogens is 318 g/mol. The minimum atomic E-state index is -0.0396. The topological polar surface area (TPSA) is 63.7 Å². The van der Waals surface area contributed by atoms with Gasteiger partial charge in [-0.3, -0.25) is 9.78 Å². The van der Waals surface area contributed by atoms with Crippen LogP contribution in [0.25, 0.3) is 0 Å². The normalized spacial score (nSPS) is 10.2. The van der Waals surface area contributed by atoms with Crippen LogP contribution in [0.15, 0.2) is 36.7 Å². The molecule has 1 amide bonds. The van der Waals surface area contributed by atoms with Gasteiger partial charge in [0.05, 0.1) is 37.4 Å². The molecular formula is C19H25N3O3. The van der Waals surface area contributed by atoms with Crippen LogP contribution in [0.5, 0.6) is 11.5 Å². The summed E-state index contributed by atoms with van der Waals surface area (Å²) >= 11 is 0. The minimum Gasteiger partial charge on any atom is -0.497 e. The summed E-state index contributed by atoms with van der Waals surface area (Å²) in [5, 5.41) is 3.24. The lowest BCUT2D eigenvalue weighted by Gasteiger charge is -2.17. The van der Waals surface area contributed by atoms with Gasteiger partial charge in [0.15, 0.2) is 0 Å². The molecule has 0 spiro atoms. The first-order chi connectivity index (χ1) is 12.1. The molecule has 1 N–H and O–H groups in total. The van der Waals surface area contributed by atoms with Crippen LogP contribution < -0.4 is 14.8 Å². The van der Waals surface area contributed by atoms with Crippen LogP contribution in [0.3, 0.4) is 0 Å². The fourth-order valence-corrected chi connectivity index (χ4v) is 2.41. The van der Waals surface area contributed by atoms with Crippen molar-refractivity contribution in [1.82, 2.24) is 9.88 Å². The van der Waals surface area contributed by atoms with Gasteiger partial charge in [-0.25, -0.2) is 0 Å². The number of unbranched alkanes of at least 4 members (excludes halogenated alkanes) is 1. The number of hydrogen-bond acceptors (Lipinski definition) is 5. The average Bonchev–Trinajstić information content (AvgIpc) is 2.65. The number of carbonyl (C=O) groups excluding carboxylic acids is 1. The van der Waals surface area contributed by atoms with Crippen LogP contribution >= 0.6 is 0 Å². The molecule has 1 heterocycles. The molecule has 0 aliphatic heterocycles. The number of carbonyl (C=O) groups is 1. The second-order valence-corrected chi connectivity index (χ2v) is 5.73. The number of amides is 1. The second kappa shape index (κ2) is 8.92. The van der Waals surface area contributed by atoms with E-state index in [1.54, 1.807) is 37.6 Å². The van der Waals surface area contributed by atoms with Crippen molar-refractivity contribution >= 4 is 17.3 Å². The van der Waals surface area contributed by atoms with Crippen LogP contribution in [0.2, 0.25) is 0 Å². The number of anilines is 2. The number of rotatable bonds is 8. The lowest BCUT2D eigenvalue weighted by Crippen LogP contribution is -2.27. The Kier molecular flexibility index (Phi) is 6.62. The van der Waals surface area contributed by atoms with Crippen molar-refractivity contribution in [3.63, 3.8) is 0 Å².